The third kappa shape index (κ3) is 6.79. The second-order valence-electron chi connectivity index (χ2n) is 8.63. The minimum atomic E-state index is -3.82. The van der Waals surface area contributed by atoms with Gasteiger partial charge in [0.05, 0.1) is 31.3 Å². The summed E-state index contributed by atoms with van der Waals surface area (Å²) in [6, 6.07) is 21.4. The molecule has 4 aromatic carbocycles. The molecule has 208 valence electrons. The zero-order valence-electron chi connectivity index (χ0n) is 21.2. The van der Waals surface area contributed by atoms with Crippen LogP contribution in [0.5, 0.6) is 5.75 Å². The Labute approximate surface area is 246 Å². The average Bonchev–Trinajstić information content (AvgIpc) is 2.94. The molecule has 0 radical (unpaired) electrons. The number of ether oxygens (including phenoxy) is 2. The Hall–Kier alpha value is -3.50. The fraction of sp³-hybridized carbons (Fsp3) is 0.143. The highest BCUT2D eigenvalue weighted by Gasteiger charge is 2.22. The summed E-state index contributed by atoms with van der Waals surface area (Å²) >= 11 is 17.9. The molecule has 40 heavy (non-hydrogen) atoms. The summed E-state index contributed by atoms with van der Waals surface area (Å²) < 4.78 is 38.1. The SMILES string of the molecule is CC(OC(=O)COc1ccc(N(C)S(=O)(=O)c2ccc3ccccc3c2)cc1)C(=O)Nc1cc(Cl)c(Cl)cc1Cl. The number of fused-ring (bicyclic) bond motifs is 1. The highest BCUT2D eigenvalue weighted by Crippen LogP contribution is 2.32. The lowest BCUT2D eigenvalue weighted by Gasteiger charge is -2.20. The summed E-state index contributed by atoms with van der Waals surface area (Å²) in [5.74, 6) is -1.12. The number of benzene rings is 4. The maximum Gasteiger partial charge on any atom is 0.344 e. The number of sulfonamides is 1. The van der Waals surface area contributed by atoms with Crippen molar-refractivity contribution < 1.29 is 27.5 Å². The zero-order valence-corrected chi connectivity index (χ0v) is 24.3. The van der Waals surface area contributed by atoms with E-state index in [0.717, 1.165) is 15.1 Å². The quantitative estimate of drug-likeness (QED) is 0.167. The first-order valence-corrected chi connectivity index (χ1v) is 14.4. The van der Waals surface area contributed by atoms with Gasteiger partial charge in [-0.05, 0) is 66.2 Å². The topological polar surface area (TPSA) is 102 Å². The van der Waals surface area contributed by atoms with Crippen LogP contribution in [0.2, 0.25) is 15.1 Å². The summed E-state index contributed by atoms with van der Waals surface area (Å²) in [5, 5.41) is 4.87. The van der Waals surface area contributed by atoms with Crippen molar-refractivity contribution in [3.8, 4) is 5.75 Å². The van der Waals surface area contributed by atoms with Crippen LogP contribution in [0.4, 0.5) is 11.4 Å². The normalized spacial score (nSPS) is 12.0. The number of rotatable bonds is 9. The minimum Gasteiger partial charge on any atom is -0.482 e. The number of esters is 1. The van der Waals surface area contributed by atoms with E-state index in [2.05, 4.69) is 5.32 Å². The number of amides is 1. The van der Waals surface area contributed by atoms with Crippen molar-refractivity contribution in [2.24, 2.45) is 0 Å². The first kappa shape index (κ1) is 29.5. The van der Waals surface area contributed by atoms with Gasteiger partial charge in [0.1, 0.15) is 5.75 Å². The van der Waals surface area contributed by atoms with Crippen LogP contribution in [-0.4, -0.2) is 40.1 Å². The molecular formula is C28H23Cl3N2O6S. The van der Waals surface area contributed by atoms with E-state index in [1.54, 1.807) is 30.3 Å². The van der Waals surface area contributed by atoms with E-state index in [0.29, 0.717) is 11.4 Å². The number of carbonyl (C=O) groups is 2. The fourth-order valence-electron chi connectivity index (χ4n) is 3.66. The predicted molar refractivity (Wildman–Crippen MR) is 157 cm³/mol. The highest BCUT2D eigenvalue weighted by atomic mass is 35.5. The Morgan fingerprint density at radius 3 is 2.23 bits per heavy atom. The van der Waals surface area contributed by atoms with Crippen molar-refractivity contribution in [3.63, 3.8) is 0 Å². The molecule has 4 rings (SSSR count). The number of halogens is 3. The van der Waals surface area contributed by atoms with Crippen LogP contribution < -0.4 is 14.4 Å². The molecule has 8 nitrogen and oxygen atoms in total. The van der Waals surface area contributed by atoms with Crippen LogP contribution in [0.25, 0.3) is 10.8 Å². The standard InChI is InChI=1S/C28H23Cl3N2O6S/c1-17(28(35)32-26-15-24(30)23(29)14-25(26)31)39-27(34)16-38-21-10-8-20(9-11-21)33(2)40(36,37)22-12-7-18-5-3-4-6-19(18)13-22/h3-15,17H,16H2,1-2H3,(H,32,35). The Kier molecular flexibility index (Phi) is 9.10. The fourth-order valence-corrected chi connectivity index (χ4v) is 5.48. The molecule has 0 fully saturated rings. The lowest BCUT2D eigenvalue weighted by molar-refractivity contribution is -0.155. The maximum absolute atomic E-state index is 13.2. The van der Waals surface area contributed by atoms with E-state index in [1.807, 2.05) is 24.3 Å². The number of hydrogen-bond acceptors (Lipinski definition) is 6. The van der Waals surface area contributed by atoms with Gasteiger partial charge < -0.3 is 14.8 Å². The molecule has 1 atom stereocenters. The molecule has 0 saturated heterocycles. The molecule has 12 heteroatoms. The number of hydrogen-bond donors (Lipinski definition) is 1. The largest absolute Gasteiger partial charge is 0.482 e. The smallest absolute Gasteiger partial charge is 0.344 e. The second-order valence-corrected chi connectivity index (χ2v) is 11.8. The van der Waals surface area contributed by atoms with E-state index in [1.165, 1.54) is 38.2 Å². The van der Waals surface area contributed by atoms with Gasteiger partial charge in [-0.3, -0.25) is 9.10 Å². The Morgan fingerprint density at radius 1 is 0.875 bits per heavy atom. The molecule has 1 unspecified atom stereocenters. The molecule has 0 saturated carbocycles. The summed E-state index contributed by atoms with van der Waals surface area (Å²) in [4.78, 5) is 24.8. The van der Waals surface area contributed by atoms with Crippen LogP contribution in [-0.2, 0) is 24.3 Å². The van der Waals surface area contributed by atoms with Crippen molar-refractivity contribution in [2.75, 3.05) is 23.3 Å². The van der Waals surface area contributed by atoms with Gasteiger partial charge in [-0.25, -0.2) is 13.2 Å². The molecule has 1 N–H and O–H groups in total. The van der Waals surface area contributed by atoms with Gasteiger partial charge in [-0.15, -0.1) is 0 Å². The first-order chi connectivity index (χ1) is 19.0. The molecule has 0 aromatic heterocycles. The van der Waals surface area contributed by atoms with Crippen molar-refractivity contribution in [1.82, 2.24) is 0 Å². The summed E-state index contributed by atoms with van der Waals surface area (Å²) in [7, 11) is -2.36. The van der Waals surface area contributed by atoms with Crippen LogP contribution in [0.3, 0.4) is 0 Å². The Morgan fingerprint density at radius 2 is 1.52 bits per heavy atom. The van der Waals surface area contributed by atoms with E-state index >= 15 is 0 Å². The monoisotopic (exact) mass is 620 g/mol. The Bertz CT molecular complexity index is 1680. The summed E-state index contributed by atoms with van der Waals surface area (Å²) in [5.41, 5.74) is 0.613. The number of nitrogens with one attached hydrogen (secondary N) is 1. The highest BCUT2D eigenvalue weighted by molar-refractivity contribution is 7.92. The van der Waals surface area contributed by atoms with Crippen LogP contribution in [0.15, 0.2) is 83.8 Å². The van der Waals surface area contributed by atoms with Crippen molar-refractivity contribution >= 4 is 78.8 Å². The molecule has 1 amide bonds. The van der Waals surface area contributed by atoms with E-state index in [9.17, 15) is 18.0 Å². The van der Waals surface area contributed by atoms with Gasteiger partial charge in [0, 0.05) is 7.05 Å². The lowest BCUT2D eigenvalue weighted by atomic mass is 10.1. The second kappa shape index (κ2) is 12.3. The molecule has 0 spiro atoms. The number of nitrogens with zero attached hydrogens (tertiary/aromatic N) is 1. The molecule has 0 heterocycles. The number of carbonyl (C=O) groups excluding carboxylic acids is 2. The first-order valence-electron chi connectivity index (χ1n) is 11.8. The molecule has 0 aliphatic rings. The van der Waals surface area contributed by atoms with Gasteiger partial charge >= 0.3 is 5.97 Å². The summed E-state index contributed by atoms with van der Waals surface area (Å²) in [6.07, 6.45) is -1.15. The van der Waals surface area contributed by atoms with Gasteiger partial charge in [0.15, 0.2) is 12.7 Å². The van der Waals surface area contributed by atoms with Crippen molar-refractivity contribution in [3.05, 3.63) is 93.9 Å². The third-order valence-electron chi connectivity index (χ3n) is 5.88. The molecule has 0 aliphatic heterocycles. The van der Waals surface area contributed by atoms with Crippen molar-refractivity contribution in [1.29, 1.82) is 0 Å². The van der Waals surface area contributed by atoms with E-state index in [4.69, 9.17) is 44.3 Å². The third-order valence-corrected chi connectivity index (χ3v) is 8.70. The van der Waals surface area contributed by atoms with Crippen LogP contribution >= 0.6 is 34.8 Å². The molecule has 0 bridgehead atoms. The zero-order chi connectivity index (χ0) is 29.0. The van der Waals surface area contributed by atoms with Crippen LogP contribution in [0, 0.1) is 0 Å². The number of anilines is 2. The average molecular weight is 622 g/mol. The van der Waals surface area contributed by atoms with Crippen LogP contribution in [0.1, 0.15) is 6.92 Å². The van der Waals surface area contributed by atoms with Gasteiger partial charge in [0.25, 0.3) is 15.9 Å². The van der Waals surface area contributed by atoms with E-state index in [-0.39, 0.29) is 25.7 Å². The molecular weight excluding hydrogens is 599 g/mol. The summed E-state index contributed by atoms with van der Waals surface area (Å²) in [6.45, 7) is 0.912. The Balaban J connectivity index is 1.32. The van der Waals surface area contributed by atoms with Gasteiger partial charge in [0.2, 0.25) is 0 Å². The molecule has 0 aliphatic carbocycles. The van der Waals surface area contributed by atoms with E-state index < -0.39 is 34.6 Å². The predicted octanol–water partition coefficient (Wildman–Crippen LogP) is 6.57. The maximum atomic E-state index is 13.2. The lowest BCUT2D eigenvalue weighted by Crippen LogP contribution is -2.31. The molecule has 4 aromatic rings. The minimum absolute atomic E-state index is 0.163. The van der Waals surface area contributed by atoms with Gasteiger partial charge in [-0.2, -0.15) is 0 Å². The van der Waals surface area contributed by atoms with Crippen molar-refractivity contribution in [2.45, 2.75) is 17.9 Å². The van der Waals surface area contributed by atoms with Gasteiger partial charge in [-0.1, -0.05) is 65.1 Å².